The largest absolute Gasteiger partial charge is 0.353 e. The van der Waals surface area contributed by atoms with Crippen molar-refractivity contribution in [2.24, 2.45) is 0 Å². The van der Waals surface area contributed by atoms with Crippen molar-refractivity contribution in [3.05, 3.63) is 47.5 Å². The maximum absolute atomic E-state index is 12.6. The number of aromatic nitrogens is 2. The van der Waals surface area contributed by atoms with Crippen LogP contribution >= 0.6 is 0 Å². The lowest BCUT2D eigenvalue weighted by molar-refractivity contribution is -0.131. The van der Waals surface area contributed by atoms with Crippen LogP contribution < -0.4 is 9.80 Å². The molecule has 4 rings (SSSR count). The molecule has 0 bridgehead atoms. The lowest BCUT2D eigenvalue weighted by Gasteiger charge is -2.36. The van der Waals surface area contributed by atoms with Gasteiger partial charge in [-0.3, -0.25) is 4.79 Å². The van der Waals surface area contributed by atoms with Crippen molar-refractivity contribution < 1.29 is 4.79 Å². The maximum atomic E-state index is 12.6. The van der Waals surface area contributed by atoms with Crippen LogP contribution in [0.25, 0.3) is 0 Å². The van der Waals surface area contributed by atoms with Gasteiger partial charge >= 0.3 is 0 Å². The highest BCUT2D eigenvalue weighted by molar-refractivity contribution is 5.76. The van der Waals surface area contributed by atoms with Crippen molar-refractivity contribution in [3.8, 4) is 0 Å². The fourth-order valence-electron chi connectivity index (χ4n) is 4.15. The van der Waals surface area contributed by atoms with Gasteiger partial charge in [-0.05, 0) is 38.1 Å². The van der Waals surface area contributed by atoms with Gasteiger partial charge in [0.15, 0.2) is 11.6 Å². The van der Waals surface area contributed by atoms with Crippen molar-refractivity contribution in [1.29, 1.82) is 0 Å². The van der Waals surface area contributed by atoms with Gasteiger partial charge in [0.1, 0.15) is 0 Å². The summed E-state index contributed by atoms with van der Waals surface area (Å²) in [5, 5.41) is 8.93. The molecule has 1 aromatic heterocycles. The van der Waals surface area contributed by atoms with E-state index in [0.717, 1.165) is 70.4 Å². The Morgan fingerprint density at radius 1 is 0.867 bits per heavy atom. The predicted molar refractivity (Wildman–Crippen MR) is 120 cm³/mol. The van der Waals surface area contributed by atoms with Crippen LogP contribution in [0.5, 0.6) is 0 Å². The number of nitrogens with zero attached hydrogens (tertiary/aromatic N) is 6. The first-order valence-corrected chi connectivity index (χ1v) is 10.9. The first-order chi connectivity index (χ1) is 14.6. The second-order valence-electron chi connectivity index (χ2n) is 8.40. The molecule has 3 heterocycles. The minimum atomic E-state index is 0.243. The lowest BCUT2D eigenvalue weighted by atomic mass is 10.1. The van der Waals surface area contributed by atoms with E-state index < -0.39 is 0 Å². The number of hydrogen-bond donors (Lipinski definition) is 0. The zero-order valence-electron chi connectivity index (χ0n) is 18.1. The zero-order valence-corrected chi connectivity index (χ0v) is 18.1. The van der Waals surface area contributed by atoms with Gasteiger partial charge in [-0.25, -0.2) is 0 Å². The van der Waals surface area contributed by atoms with Gasteiger partial charge in [0.25, 0.3) is 0 Å². The fourth-order valence-corrected chi connectivity index (χ4v) is 4.15. The Morgan fingerprint density at radius 3 is 2.03 bits per heavy atom. The summed E-state index contributed by atoms with van der Waals surface area (Å²) in [5.41, 5.74) is 2.48. The third-order valence-corrected chi connectivity index (χ3v) is 6.13. The molecule has 2 saturated heterocycles. The molecule has 0 aliphatic carbocycles. The Kier molecular flexibility index (Phi) is 6.47. The van der Waals surface area contributed by atoms with Crippen molar-refractivity contribution >= 4 is 17.5 Å². The molecule has 1 amide bonds. The Hall–Kier alpha value is -2.67. The van der Waals surface area contributed by atoms with Crippen molar-refractivity contribution in [2.75, 3.05) is 69.2 Å². The normalized spacial score (nSPS) is 18.0. The van der Waals surface area contributed by atoms with Gasteiger partial charge in [-0.2, -0.15) is 0 Å². The molecule has 160 valence electrons. The molecule has 2 aliphatic heterocycles. The number of benzene rings is 1. The number of carbonyl (C=O) groups is 1. The molecular weight excluding hydrogens is 376 g/mol. The molecule has 30 heavy (non-hydrogen) atoms. The monoisotopic (exact) mass is 408 g/mol. The molecular formula is C23H32N6O. The van der Waals surface area contributed by atoms with Gasteiger partial charge in [-0.15, -0.1) is 10.2 Å². The minimum absolute atomic E-state index is 0.243. The molecule has 0 atom stereocenters. The zero-order chi connectivity index (χ0) is 20.9. The standard InChI is InChI=1S/C23H32N6O/c1-19-4-3-5-20(18-19)6-9-23(30)29-16-14-28(15-17-29)22-8-7-21(24-25-22)27-12-10-26(2)11-13-27/h3-5,7-8,18H,6,9-17H2,1-2H3. The van der Waals surface area contributed by atoms with Crippen LogP contribution in [0, 0.1) is 6.92 Å². The summed E-state index contributed by atoms with van der Waals surface area (Å²) in [5.74, 6) is 2.10. The highest BCUT2D eigenvalue weighted by Gasteiger charge is 2.22. The molecule has 0 radical (unpaired) electrons. The van der Waals surface area contributed by atoms with E-state index in [4.69, 9.17) is 0 Å². The van der Waals surface area contributed by atoms with Crippen LogP contribution in [0.3, 0.4) is 0 Å². The van der Waals surface area contributed by atoms with E-state index in [1.54, 1.807) is 0 Å². The van der Waals surface area contributed by atoms with Gasteiger partial charge in [0.2, 0.25) is 5.91 Å². The molecule has 2 fully saturated rings. The van der Waals surface area contributed by atoms with Crippen LogP contribution in [0.2, 0.25) is 0 Å². The van der Waals surface area contributed by atoms with Gasteiger partial charge < -0.3 is 19.6 Å². The van der Waals surface area contributed by atoms with E-state index in [9.17, 15) is 4.79 Å². The maximum Gasteiger partial charge on any atom is 0.223 e. The molecule has 0 saturated carbocycles. The molecule has 0 N–H and O–H groups in total. The summed E-state index contributed by atoms with van der Waals surface area (Å²) in [6.45, 7) is 9.29. The molecule has 7 heteroatoms. The number of anilines is 2. The number of likely N-dealkylation sites (N-methyl/N-ethyl adjacent to an activating group) is 1. The number of aryl methyl sites for hydroxylation is 2. The van der Waals surface area contributed by atoms with E-state index in [2.05, 4.69) is 75.3 Å². The van der Waals surface area contributed by atoms with Crippen LogP contribution in [0.15, 0.2) is 36.4 Å². The van der Waals surface area contributed by atoms with Crippen LogP contribution in [-0.2, 0) is 11.2 Å². The fraction of sp³-hybridized carbons (Fsp3) is 0.522. The van der Waals surface area contributed by atoms with Crippen molar-refractivity contribution in [2.45, 2.75) is 19.8 Å². The third kappa shape index (κ3) is 5.08. The Morgan fingerprint density at radius 2 is 1.47 bits per heavy atom. The summed E-state index contributed by atoms with van der Waals surface area (Å²) >= 11 is 0. The molecule has 2 aromatic rings. The number of carbonyl (C=O) groups excluding carboxylic acids is 1. The summed E-state index contributed by atoms with van der Waals surface area (Å²) in [7, 11) is 2.15. The van der Waals surface area contributed by atoms with E-state index in [1.165, 1.54) is 11.1 Å². The van der Waals surface area contributed by atoms with Gasteiger partial charge in [0, 0.05) is 58.8 Å². The van der Waals surface area contributed by atoms with E-state index >= 15 is 0 Å². The number of amides is 1. The number of piperazine rings is 2. The predicted octanol–water partition coefficient (Wildman–Crippen LogP) is 1.82. The summed E-state index contributed by atoms with van der Waals surface area (Å²) in [6.07, 6.45) is 1.38. The highest BCUT2D eigenvalue weighted by atomic mass is 16.2. The highest BCUT2D eigenvalue weighted by Crippen LogP contribution is 2.18. The van der Waals surface area contributed by atoms with Crippen molar-refractivity contribution in [1.82, 2.24) is 20.0 Å². The van der Waals surface area contributed by atoms with E-state index in [0.29, 0.717) is 6.42 Å². The number of hydrogen-bond acceptors (Lipinski definition) is 6. The second kappa shape index (κ2) is 9.43. The average molecular weight is 409 g/mol. The second-order valence-corrected chi connectivity index (χ2v) is 8.40. The quantitative estimate of drug-likeness (QED) is 0.752. The first kappa shape index (κ1) is 20.6. The van der Waals surface area contributed by atoms with Gasteiger partial charge in [-0.1, -0.05) is 29.8 Å². The molecule has 1 aromatic carbocycles. The Balaban J connectivity index is 1.25. The smallest absolute Gasteiger partial charge is 0.223 e. The minimum Gasteiger partial charge on any atom is -0.353 e. The lowest BCUT2D eigenvalue weighted by Crippen LogP contribution is -2.49. The molecule has 2 aliphatic rings. The Labute approximate surface area is 179 Å². The Bertz CT molecular complexity index is 839. The van der Waals surface area contributed by atoms with Gasteiger partial charge in [0.05, 0.1) is 0 Å². The average Bonchev–Trinajstić information content (AvgIpc) is 2.78. The van der Waals surface area contributed by atoms with Crippen LogP contribution in [0.1, 0.15) is 17.5 Å². The summed E-state index contributed by atoms with van der Waals surface area (Å²) in [4.78, 5) is 21.5. The topological polar surface area (TPSA) is 55.8 Å². The third-order valence-electron chi connectivity index (χ3n) is 6.13. The molecule has 0 unspecified atom stereocenters. The molecule has 7 nitrogen and oxygen atoms in total. The number of rotatable bonds is 5. The van der Waals surface area contributed by atoms with E-state index in [-0.39, 0.29) is 5.91 Å². The van der Waals surface area contributed by atoms with Crippen LogP contribution in [-0.4, -0.2) is 85.3 Å². The van der Waals surface area contributed by atoms with Crippen LogP contribution in [0.4, 0.5) is 11.6 Å². The summed E-state index contributed by atoms with van der Waals surface area (Å²) in [6, 6.07) is 12.6. The first-order valence-electron chi connectivity index (χ1n) is 10.9. The van der Waals surface area contributed by atoms with Crippen molar-refractivity contribution in [3.63, 3.8) is 0 Å². The van der Waals surface area contributed by atoms with E-state index in [1.807, 2.05) is 4.90 Å². The SMILES string of the molecule is Cc1cccc(CCC(=O)N2CCN(c3ccc(N4CCN(C)CC4)nn3)CC2)c1. The molecule has 0 spiro atoms. The summed E-state index contributed by atoms with van der Waals surface area (Å²) < 4.78 is 0.